The van der Waals surface area contributed by atoms with Gasteiger partial charge in [0.25, 0.3) is 0 Å². The van der Waals surface area contributed by atoms with Crippen molar-refractivity contribution in [3.8, 4) is 0 Å². The lowest BCUT2D eigenvalue weighted by Crippen LogP contribution is -2.11. The zero-order valence-corrected chi connectivity index (χ0v) is 12.2. The molecule has 1 aromatic carbocycles. The maximum absolute atomic E-state index is 12.2. The first-order valence-corrected chi connectivity index (χ1v) is 7.93. The Bertz CT molecular complexity index is 687. The van der Waals surface area contributed by atoms with Crippen molar-refractivity contribution >= 4 is 9.84 Å². The summed E-state index contributed by atoms with van der Waals surface area (Å²) in [5.74, 6) is 0.0998. The molecule has 0 saturated carbocycles. The van der Waals surface area contributed by atoms with Gasteiger partial charge in [-0.15, -0.1) is 0 Å². The van der Waals surface area contributed by atoms with E-state index >= 15 is 0 Å². The van der Waals surface area contributed by atoms with Crippen molar-refractivity contribution < 1.29 is 8.42 Å². The van der Waals surface area contributed by atoms with E-state index in [1.54, 1.807) is 24.0 Å². The molecule has 4 nitrogen and oxygen atoms in total. The van der Waals surface area contributed by atoms with Gasteiger partial charge in [-0.25, -0.2) is 8.42 Å². The number of nitrogens with zero attached hydrogens (tertiary/aromatic N) is 2. The standard InChI is InChI=1S/C14H18N2O2S/c1-11-4-5-12(2)13(8-11)9-19(17,18)10-14-6-7-15-16(14)3/h4-8H,9-10H2,1-3H3. The fourth-order valence-electron chi connectivity index (χ4n) is 2.01. The molecule has 0 N–H and O–H groups in total. The highest BCUT2D eigenvalue weighted by Gasteiger charge is 2.16. The van der Waals surface area contributed by atoms with Crippen molar-refractivity contribution in [3.63, 3.8) is 0 Å². The van der Waals surface area contributed by atoms with Gasteiger partial charge in [-0.1, -0.05) is 23.8 Å². The fourth-order valence-corrected chi connectivity index (χ4v) is 3.63. The van der Waals surface area contributed by atoms with Crippen molar-refractivity contribution in [3.05, 3.63) is 52.8 Å². The fraction of sp³-hybridized carbons (Fsp3) is 0.357. The predicted octanol–water partition coefficient (Wildman–Crippen LogP) is 2.15. The summed E-state index contributed by atoms with van der Waals surface area (Å²) in [5, 5.41) is 3.99. The van der Waals surface area contributed by atoms with Gasteiger partial charge in [-0.3, -0.25) is 4.68 Å². The number of hydrogen-bond donors (Lipinski definition) is 0. The summed E-state index contributed by atoms with van der Waals surface area (Å²) in [6.45, 7) is 3.91. The molecule has 0 aliphatic rings. The van der Waals surface area contributed by atoms with E-state index in [2.05, 4.69) is 5.10 Å². The van der Waals surface area contributed by atoms with Crippen LogP contribution in [0.1, 0.15) is 22.4 Å². The van der Waals surface area contributed by atoms with Crippen LogP contribution in [0.2, 0.25) is 0 Å². The molecule has 19 heavy (non-hydrogen) atoms. The van der Waals surface area contributed by atoms with Crippen molar-refractivity contribution in [2.24, 2.45) is 7.05 Å². The van der Waals surface area contributed by atoms with E-state index < -0.39 is 9.84 Å². The highest BCUT2D eigenvalue weighted by atomic mass is 32.2. The lowest BCUT2D eigenvalue weighted by atomic mass is 10.1. The first-order chi connectivity index (χ1) is 8.87. The van der Waals surface area contributed by atoms with E-state index in [0.29, 0.717) is 5.69 Å². The lowest BCUT2D eigenvalue weighted by molar-refractivity contribution is 0.591. The van der Waals surface area contributed by atoms with Gasteiger partial charge in [0.1, 0.15) is 0 Å². The molecule has 1 heterocycles. The molecule has 5 heteroatoms. The van der Waals surface area contributed by atoms with Crippen LogP contribution in [0.3, 0.4) is 0 Å². The number of aromatic nitrogens is 2. The van der Waals surface area contributed by atoms with Gasteiger partial charge in [-0.2, -0.15) is 5.10 Å². The van der Waals surface area contributed by atoms with Gasteiger partial charge >= 0.3 is 0 Å². The molecule has 0 unspecified atom stereocenters. The molecule has 1 aromatic heterocycles. The van der Waals surface area contributed by atoms with Gasteiger partial charge in [0.15, 0.2) is 9.84 Å². The van der Waals surface area contributed by atoms with Crippen molar-refractivity contribution in [1.29, 1.82) is 0 Å². The van der Waals surface area contributed by atoms with Gasteiger partial charge in [-0.05, 0) is 31.0 Å². The SMILES string of the molecule is Cc1ccc(C)c(CS(=O)(=O)Cc2ccnn2C)c1. The van der Waals surface area contributed by atoms with Gasteiger partial charge in [0, 0.05) is 13.2 Å². The highest BCUT2D eigenvalue weighted by Crippen LogP contribution is 2.16. The summed E-state index contributed by atoms with van der Waals surface area (Å²) in [6.07, 6.45) is 1.61. The van der Waals surface area contributed by atoms with Crippen LogP contribution in [-0.4, -0.2) is 18.2 Å². The van der Waals surface area contributed by atoms with Crippen LogP contribution in [0.4, 0.5) is 0 Å². The Morgan fingerprint density at radius 3 is 2.53 bits per heavy atom. The zero-order chi connectivity index (χ0) is 14.0. The van der Waals surface area contributed by atoms with E-state index in [-0.39, 0.29) is 11.5 Å². The number of benzene rings is 1. The Labute approximate surface area is 114 Å². The second-order valence-electron chi connectivity index (χ2n) is 4.91. The molecule has 0 spiro atoms. The molecule has 0 radical (unpaired) electrons. The van der Waals surface area contributed by atoms with Gasteiger partial charge in [0.05, 0.1) is 17.2 Å². The summed E-state index contributed by atoms with van der Waals surface area (Å²) < 4.78 is 26.1. The lowest BCUT2D eigenvalue weighted by Gasteiger charge is -2.08. The third kappa shape index (κ3) is 3.44. The van der Waals surface area contributed by atoms with Crippen molar-refractivity contribution in [2.45, 2.75) is 25.4 Å². The van der Waals surface area contributed by atoms with Gasteiger partial charge in [0.2, 0.25) is 0 Å². The Morgan fingerprint density at radius 1 is 1.16 bits per heavy atom. The molecule has 0 aliphatic heterocycles. The average molecular weight is 278 g/mol. The monoisotopic (exact) mass is 278 g/mol. The maximum atomic E-state index is 12.2. The number of rotatable bonds is 4. The van der Waals surface area contributed by atoms with Crippen LogP contribution >= 0.6 is 0 Å². The maximum Gasteiger partial charge on any atom is 0.160 e. The summed E-state index contributed by atoms with van der Waals surface area (Å²) in [5.41, 5.74) is 3.68. The van der Waals surface area contributed by atoms with Crippen LogP contribution < -0.4 is 0 Å². The average Bonchev–Trinajstić information content (AvgIpc) is 2.68. The van der Waals surface area contributed by atoms with Crippen LogP contribution in [0.15, 0.2) is 30.5 Å². The van der Waals surface area contributed by atoms with E-state index in [1.165, 1.54) is 0 Å². The van der Waals surface area contributed by atoms with Crippen LogP contribution in [0, 0.1) is 13.8 Å². The molecule has 0 amide bonds. The Morgan fingerprint density at radius 2 is 1.89 bits per heavy atom. The highest BCUT2D eigenvalue weighted by molar-refractivity contribution is 7.89. The third-order valence-corrected chi connectivity index (χ3v) is 4.66. The van der Waals surface area contributed by atoms with E-state index in [0.717, 1.165) is 16.7 Å². The first kappa shape index (κ1) is 13.8. The molecular weight excluding hydrogens is 260 g/mol. The summed E-state index contributed by atoms with van der Waals surface area (Å²) in [6, 6.07) is 7.63. The molecule has 2 rings (SSSR count). The molecule has 0 aliphatic carbocycles. The largest absolute Gasteiger partial charge is 0.272 e. The molecule has 0 saturated heterocycles. The smallest absolute Gasteiger partial charge is 0.160 e. The summed E-state index contributed by atoms with van der Waals surface area (Å²) >= 11 is 0. The van der Waals surface area contributed by atoms with E-state index in [4.69, 9.17) is 0 Å². The normalized spacial score (nSPS) is 11.7. The van der Waals surface area contributed by atoms with E-state index in [1.807, 2.05) is 32.0 Å². The minimum atomic E-state index is -3.18. The number of aryl methyl sites for hydroxylation is 3. The topological polar surface area (TPSA) is 52.0 Å². The molecule has 0 bridgehead atoms. The van der Waals surface area contributed by atoms with Crippen LogP contribution in [-0.2, 0) is 28.4 Å². The second-order valence-corrected chi connectivity index (χ2v) is 6.97. The Balaban J connectivity index is 2.22. The molecule has 102 valence electrons. The van der Waals surface area contributed by atoms with Crippen LogP contribution in [0.25, 0.3) is 0 Å². The number of sulfone groups is 1. The summed E-state index contributed by atoms with van der Waals surface area (Å²) in [4.78, 5) is 0. The minimum Gasteiger partial charge on any atom is -0.272 e. The summed E-state index contributed by atoms with van der Waals surface area (Å²) in [7, 11) is -1.43. The number of hydrogen-bond acceptors (Lipinski definition) is 3. The molecular formula is C14H18N2O2S. The van der Waals surface area contributed by atoms with Crippen LogP contribution in [0.5, 0.6) is 0 Å². The first-order valence-electron chi connectivity index (χ1n) is 6.11. The molecule has 0 atom stereocenters. The Kier molecular flexibility index (Phi) is 3.75. The molecule has 0 fully saturated rings. The zero-order valence-electron chi connectivity index (χ0n) is 11.4. The minimum absolute atomic E-state index is 0.0247. The van der Waals surface area contributed by atoms with E-state index in [9.17, 15) is 8.42 Å². The van der Waals surface area contributed by atoms with Crippen molar-refractivity contribution in [2.75, 3.05) is 0 Å². The Hall–Kier alpha value is -1.62. The molecule has 2 aromatic rings. The quantitative estimate of drug-likeness (QED) is 0.861. The van der Waals surface area contributed by atoms with Gasteiger partial charge < -0.3 is 0 Å². The third-order valence-electron chi connectivity index (χ3n) is 3.17. The predicted molar refractivity (Wildman–Crippen MR) is 75.5 cm³/mol. The second kappa shape index (κ2) is 5.17. The van der Waals surface area contributed by atoms with Crippen molar-refractivity contribution in [1.82, 2.24) is 9.78 Å².